The lowest BCUT2D eigenvalue weighted by Crippen LogP contribution is -2.48. The number of non-ortho nitro benzene ring substituents is 1. The molecule has 2 aromatic heterocycles. The smallest absolute Gasteiger partial charge is 0.289 e. The number of benzene rings is 2. The number of amides is 2. The number of carbonyl (C=O) groups is 2. The Hall–Kier alpha value is -4.86. The Morgan fingerprint density at radius 1 is 0.952 bits per heavy atom. The first kappa shape index (κ1) is 28.7. The summed E-state index contributed by atoms with van der Waals surface area (Å²) in [7, 11) is 0. The van der Waals surface area contributed by atoms with E-state index in [1.807, 2.05) is 65.1 Å². The standard InChI is InChI=1S/C32H35N5O5/c1-3-16-36(31(38)25-8-6-24(2)7-9-25)22-28-5-4-17-35(28)23-29-14-15-30(42-29)32(39)34-20-18-33(19-21-34)26-10-12-27(13-11-26)37(40)41/h4-15,17H,3,16,18-23H2,1-2H3. The third-order valence-corrected chi connectivity index (χ3v) is 7.55. The molecule has 2 amide bonds. The van der Waals surface area contributed by atoms with E-state index in [9.17, 15) is 19.7 Å². The van der Waals surface area contributed by atoms with Gasteiger partial charge in [0.25, 0.3) is 17.5 Å². The van der Waals surface area contributed by atoms with Crippen molar-refractivity contribution in [3.63, 3.8) is 0 Å². The van der Waals surface area contributed by atoms with Crippen molar-refractivity contribution < 1.29 is 18.9 Å². The molecule has 0 aliphatic carbocycles. The summed E-state index contributed by atoms with van der Waals surface area (Å²) in [5, 5.41) is 10.9. The molecule has 1 saturated heterocycles. The highest BCUT2D eigenvalue weighted by atomic mass is 16.6. The summed E-state index contributed by atoms with van der Waals surface area (Å²) in [6.45, 7) is 7.93. The first-order valence-corrected chi connectivity index (χ1v) is 14.2. The van der Waals surface area contributed by atoms with Crippen LogP contribution in [0.2, 0.25) is 0 Å². The maximum atomic E-state index is 13.2. The zero-order valence-electron chi connectivity index (χ0n) is 23.9. The predicted octanol–water partition coefficient (Wildman–Crippen LogP) is 5.36. The third kappa shape index (κ3) is 6.54. The van der Waals surface area contributed by atoms with Gasteiger partial charge >= 0.3 is 0 Å². The van der Waals surface area contributed by atoms with Crippen LogP contribution in [-0.4, -0.2) is 63.8 Å². The zero-order valence-corrected chi connectivity index (χ0v) is 23.9. The van der Waals surface area contributed by atoms with Gasteiger partial charge in [0.2, 0.25) is 0 Å². The Morgan fingerprint density at radius 3 is 2.33 bits per heavy atom. The van der Waals surface area contributed by atoms with Gasteiger partial charge in [0.05, 0.1) is 18.0 Å². The van der Waals surface area contributed by atoms with Crippen LogP contribution in [0, 0.1) is 17.0 Å². The monoisotopic (exact) mass is 569 g/mol. The van der Waals surface area contributed by atoms with Crippen molar-refractivity contribution in [2.24, 2.45) is 0 Å². The minimum Gasteiger partial charge on any atom is -0.454 e. The van der Waals surface area contributed by atoms with Gasteiger partial charge in [-0.2, -0.15) is 0 Å². The highest BCUT2D eigenvalue weighted by Crippen LogP contribution is 2.22. The van der Waals surface area contributed by atoms with Crippen LogP contribution in [0.1, 0.15) is 51.3 Å². The molecule has 3 heterocycles. The van der Waals surface area contributed by atoms with Gasteiger partial charge in [-0.3, -0.25) is 19.7 Å². The molecule has 10 heteroatoms. The Labute approximate surface area is 244 Å². The van der Waals surface area contributed by atoms with E-state index in [0.29, 0.717) is 62.9 Å². The summed E-state index contributed by atoms with van der Waals surface area (Å²) in [6.07, 6.45) is 2.81. The average molecular weight is 570 g/mol. The molecule has 0 atom stereocenters. The third-order valence-electron chi connectivity index (χ3n) is 7.55. The van der Waals surface area contributed by atoms with Crippen LogP contribution in [0.5, 0.6) is 0 Å². The lowest BCUT2D eigenvalue weighted by atomic mass is 10.1. The maximum absolute atomic E-state index is 13.2. The fourth-order valence-electron chi connectivity index (χ4n) is 5.20. The normalized spacial score (nSPS) is 13.3. The summed E-state index contributed by atoms with van der Waals surface area (Å²) < 4.78 is 8.03. The van der Waals surface area contributed by atoms with Crippen molar-refractivity contribution in [3.8, 4) is 0 Å². The highest BCUT2D eigenvalue weighted by molar-refractivity contribution is 5.94. The summed E-state index contributed by atoms with van der Waals surface area (Å²) in [6, 6.07) is 21.6. The van der Waals surface area contributed by atoms with Gasteiger partial charge in [-0.05, 0) is 61.9 Å². The molecule has 10 nitrogen and oxygen atoms in total. The number of hydrogen-bond donors (Lipinski definition) is 0. The van der Waals surface area contributed by atoms with E-state index >= 15 is 0 Å². The van der Waals surface area contributed by atoms with Gasteiger partial charge in [-0.15, -0.1) is 0 Å². The van der Waals surface area contributed by atoms with E-state index in [2.05, 4.69) is 11.8 Å². The quantitative estimate of drug-likeness (QED) is 0.188. The van der Waals surface area contributed by atoms with Crippen molar-refractivity contribution in [2.45, 2.75) is 33.4 Å². The first-order valence-electron chi connectivity index (χ1n) is 14.2. The number of piperazine rings is 1. The first-order chi connectivity index (χ1) is 20.3. The van der Waals surface area contributed by atoms with Crippen LogP contribution < -0.4 is 4.90 Å². The summed E-state index contributed by atoms with van der Waals surface area (Å²) >= 11 is 0. The second kappa shape index (κ2) is 12.8. The molecule has 0 saturated carbocycles. The lowest BCUT2D eigenvalue weighted by molar-refractivity contribution is -0.384. The van der Waals surface area contributed by atoms with Crippen molar-refractivity contribution in [3.05, 3.63) is 117 Å². The molecular weight excluding hydrogens is 534 g/mol. The number of furan rings is 1. The number of carbonyl (C=O) groups excluding carboxylic acids is 2. The van der Waals surface area contributed by atoms with Gasteiger partial charge in [-0.25, -0.2) is 0 Å². The minimum absolute atomic E-state index is 0.00385. The molecule has 0 unspecified atom stereocenters. The van der Waals surface area contributed by atoms with Crippen LogP contribution in [0.3, 0.4) is 0 Å². The van der Waals surface area contributed by atoms with E-state index < -0.39 is 4.92 Å². The van der Waals surface area contributed by atoms with Crippen LogP contribution in [0.4, 0.5) is 11.4 Å². The fraction of sp³-hybridized carbons (Fsp3) is 0.312. The van der Waals surface area contributed by atoms with Gasteiger partial charge < -0.3 is 23.7 Å². The van der Waals surface area contributed by atoms with E-state index in [1.54, 1.807) is 23.1 Å². The van der Waals surface area contributed by atoms with E-state index in [1.165, 1.54) is 12.1 Å². The zero-order chi connectivity index (χ0) is 29.6. The number of anilines is 1. The molecule has 1 aliphatic heterocycles. The van der Waals surface area contributed by atoms with E-state index in [4.69, 9.17) is 4.42 Å². The number of nitro benzene ring substituents is 1. The second-order valence-corrected chi connectivity index (χ2v) is 10.5. The molecule has 0 bridgehead atoms. The van der Waals surface area contributed by atoms with Crippen LogP contribution in [0.25, 0.3) is 0 Å². The maximum Gasteiger partial charge on any atom is 0.289 e. The Morgan fingerprint density at radius 2 is 1.67 bits per heavy atom. The SMILES string of the molecule is CCCN(Cc1cccn1Cc1ccc(C(=O)N2CCN(c3ccc([N+](=O)[O-])cc3)CC2)o1)C(=O)c1ccc(C)cc1. The predicted molar refractivity (Wildman–Crippen MR) is 160 cm³/mol. The molecule has 0 N–H and O–H groups in total. The number of nitrogens with zero attached hydrogens (tertiary/aromatic N) is 5. The van der Waals surface area contributed by atoms with Crippen molar-refractivity contribution in [2.75, 3.05) is 37.6 Å². The number of aryl methyl sites for hydroxylation is 1. The number of rotatable bonds is 10. The van der Waals surface area contributed by atoms with Crippen LogP contribution in [0.15, 0.2) is 83.4 Å². The van der Waals surface area contributed by atoms with Gasteiger partial charge in [0, 0.05) is 68.0 Å². The molecule has 1 fully saturated rings. The van der Waals surface area contributed by atoms with Gasteiger partial charge in [0.15, 0.2) is 5.76 Å². The number of nitro groups is 1. The van der Waals surface area contributed by atoms with Crippen molar-refractivity contribution >= 4 is 23.2 Å². The molecule has 5 rings (SSSR count). The molecule has 218 valence electrons. The lowest BCUT2D eigenvalue weighted by Gasteiger charge is -2.35. The largest absolute Gasteiger partial charge is 0.454 e. The van der Waals surface area contributed by atoms with Gasteiger partial charge in [0.1, 0.15) is 5.76 Å². The molecular formula is C32H35N5O5. The second-order valence-electron chi connectivity index (χ2n) is 10.5. The van der Waals surface area contributed by atoms with E-state index in [0.717, 1.165) is 23.4 Å². The topological polar surface area (TPSA) is 105 Å². The molecule has 1 aliphatic rings. The van der Waals surface area contributed by atoms with E-state index in [-0.39, 0.29) is 17.5 Å². The number of aromatic nitrogens is 1. The summed E-state index contributed by atoms with van der Waals surface area (Å²) in [5.41, 5.74) is 3.73. The van der Waals surface area contributed by atoms with Crippen LogP contribution >= 0.6 is 0 Å². The number of hydrogen-bond acceptors (Lipinski definition) is 6. The molecule has 0 spiro atoms. The summed E-state index contributed by atoms with van der Waals surface area (Å²) in [5.74, 6) is 0.802. The van der Waals surface area contributed by atoms with Gasteiger partial charge in [-0.1, -0.05) is 24.6 Å². The Kier molecular flexibility index (Phi) is 8.71. The highest BCUT2D eigenvalue weighted by Gasteiger charge is 2.25. The van der Waals surface area contributed by atoms with Crippen molar-refractivity contribution in [1.82, 2.24) is 14.4 Å². The molecule has 42 heavy (non-hydrogen) atoms. The Balaban J connectivity index is 1.19. The van der Waals surface area contributed by atoms with Crippen molar-refractivity contribution in [1.29, 1.82) is 0 Å². The summed E-state index contributed by atoms with van der Waals surface area (Å²) in [4.78, 5) is 42.7. The minimum atomic E-state index is -0.413. The van der Waals surface area contributed by atoms with Crippen LogP contribution in [-0.2, 0) is 13.1 Å². The molecule has 2 aromatic carbocycles. The Bertz CT molecular complexity index is 1530. The fourth-order valence-corrected chi connectivity index (χ4v) is 5.20. The average Bonchev–Trinajstić information content (AvgIpc) is 3.66. The molecule has 4 aromatic rings. The molecule has 0 radical (unpaired) electrons.